The van der Waals surface area contributed by atoms with Gasteiger partial charge in [-0.3, -0.25) is 0 Å². The molecule has 0 saturated carbocycles. The first-order valence-corrected chi connectivity index (χ1v) is 8.60. The minimum absolute atomic E-state index is 0.428. The zero-order chi connectivity index (χ0) is 16.1. The molecule has 2 heterocycles. The second kappa shape index (κ2) is 7.92. The van der Waals surface area contributed by atoms with Gasteiger partial charge in [-0.15, -0.1) is 0 Å². The first-order valence-electron chi connectivity index (χ1n) is 7.82. The highest BCUT2D eigenvalue weighted by Crippen LogP contribution is 2.25. The van der Waals surface area contributed by atoms with E-state index in [1.807, 2.05) is 6.07 Å². The molecule has 1 aromatic rings. The zero-order valence-electron chi connectivity index (χ0n) is 13.4. The van der Waals surface area contributed by atoms with Crippen LogP contribution in [0, 0.1) is 5.92 Å². The number of piperidine rings is 1. The molecule has 2 rings (SSSR count). The molecule has 7 heteroatoms. The molecular weight excluding hydrogens is 318 g/mol. The molecule has 1 aliphatic rings. The summed E-state index contributed by atoms with van der Waals surface area (Å²) >= 11 is 11.4. The third-order valence-electron chi connectivity index (χ3n) is 3.67. The van der Waals surface area contributed by atoms with Crippen LogP contribution in [-0.2, 0) is 0 Å². The Morgan fingerprint density at radius 1 is 1.45 bits per heavy atom. The summed E-state index contributed by atoms with van der Waals surface area (Å²) in [6.45, 7) is 8.28. The molecule has 0 amide bonds. The van der Waals surface area contributed by atoms with Crippen molar-refractivity contribution in [3.8, 4) is 0 Å². The molecule has 5 nitrogen and oxygen atoms in total. The summed E-state index contributed by atoms with van der Waals surface area (Å²) in [4.78, 5) is 11.1. The lowest BCUT2D eigenvalue weighted by molar-refractivity contribution is 0.481. The molecule has 0 aromatic carbocycles. The van der Waals surface area contributed by atoms with Gasteiger partial charge in [-0.05, 0) is 44.3 Å². The van der Waals surface area contributed by atoms with E-state index in [0.717, 1.165) is 18.9 Å². The van der Waals surface area contributed by atoms with E-state index in [2.05, 4.69) is 46.3 Å². The van der Waals surface area contributed by atoms with E-state index < -0.39 is 0 Å². The molecule has 122 valence electrons. The van der Waals surface area contributed by atoms with Gasteiger partial charge in [0.1, 0.15) is 11.0 Å². The Kier molecular flexibility index (Phi) is 6.20. The van der Waals surface area contributed by atoms with Gasteiger partial charge in [0.2, 0.25) is 5.95 Å². The molecule has 1 aromatic heterocycles. The van der Waals surface area contributed by atoms with Crippen LogP contribution in [0.25, 0.3) is 0 Å². The summed E-state index contributed by atoms with van der Waals surface area (Å²) in [6.07, 6.45) is 3.63. The average molecular weight is 342 g/mol. The van der Waals surface area contributed by atoms with Crippen LogP contribution in [-0.4, -0.2) is 34.2 Å². The van der Waals surface area contributed by atoms with Crippen molar-refractivity contribution in [2.24, 2.45) is 5.92 Å². The van der Waals surface area contributed by atoms with Crippen LogP contribution in [0.5, 0.6) is 0 Å². The fourth-order valence-electron chi connectivity index (χ4n) is 2.49. The number of rotatable bonds is 4. The second-order valence-corrected chi connectivity index (χ2v) is 6.94. The third-order valence-corrected chi connectivity index (χ3v) is 4.11. The number of nitrogens with zero attached hydrogens (tertiary/aromatic N) is 3. The van der Waals surface area contributed by atoms with Gasteiger partial charge in [0.25, 0.3) is 0 Å². The van der Waals surface area contributed by atoms with Crippen molar-refractivity contribution in [2.45, 2.75) is 46.1 Å². The predicted molar refractivity (Wildman–Crippen MR) is 96.8 cm³/mol. The number of anilines is 2. The molecule has 0 bridgehead atoms. The van der Waals surface area contributed by atoms with Crippen molar-refractivity contribution in [1.82, 2.24) is 15.3 Å². The molecule has 1 atom stereocenters. The van der Waals surface area contributed by atoms with Gasteiger partial charge in [-0.1, -0.05) is 25.4 Å². The molecule has 1 saturated heterocycles. The van der Waals surface area contributed by atoms with E-state index in [1.165, 1.54) is 19.3 Å². The zero-order valence-corrected chi connectivity index (χ0v) is 15.0. The van der Waals surface area contributed by atoms with Gasteiger partial charge in [-0.25, -0.2) is 4.98 Å². The first kappa shape index (κ1) is 17.2. The van der Waals surface area contributed by atoms with Gasteiger partial charge >= 0.3 is 0 Å². The molecule has 0 spiro atoms. The Bertz CT molecular complexity index is 523. The van der Waals surface area contributed by atoms with Crippen molar-refractivity contribution < 1.29 is 0 Å². The summed E-state index contributed by atoms with van der Waals surface area (Å²) in [7, 11) is 0. The molecule has 1 fully saturated rings. The highest BCUT2D eigenvalue weighted by Gasteiger charge is 2.20. The maximum absolute atomic E-state index is 6.15. The van der Waals surface area contributed by atoms with Crippen LogP contribution in [0.1, 0.15) is 40.0 Å². The van der Waals surface area contributed by atoms with Crippen LogP contribution in [0.2, 0.25) is 5.15 Å². The fourth-order valence-corrected chi connectivity index (χ4v) is 2.84. The van der Waals surface area contributed by atoms with Gasteiger partial charge in [0.05, 0.1) is 0 Å². The number of hydrogen-bond acceptors (Lipinski definition) is 4. The maximum Gasteiger partial charge on any atom is 0.232 e. The van der Waals surface area contributed by atoms with Crippen molar-refractivity contribution in [2.75, 3.05) is 23.3 Å². The number of aromatic nitrogens is 2. The first-order chi connectivity index (χ1) is 10.5. The molecule has 22 heavy (non-hydrogen) atoms. The largest absolute Gasteiger partial charge is 0.362 e. The minimum Gasteiger partial charge on any atom is -0.362 e. The van der Waals surface area contributed by atoms with E-state index in [1.54, 1.807) is 0 Å². The smallest absolute Gasteiger partial charge is 0.232 e. The van der Waals surface area contributed by atoms with Gasteiger partial charge in [0, 0.05) is 25.2 Å². The average Bonchev–Trinajstić information content (AvgIpc) is 2.45. The van der Waals surface area contributed by atoms with Crippen molar-refractivity contribution in [3.05, 3.63) is 11.2 Å². The Labute approximate surface area is 142 Å². The topological polar surface area (TPSA) is 53.1 Å². The van der Waals surface area contributed by atoms with E-state index in [4.69, 9.17) is 23.8 Å². The summed E-state index contributed by atoms with van der Waals surface area (Å²) in [5.41, 5.74) is 0. The molecule has 0 aliphatic carbocycles. The highest BCUT2D eigenvalue weighted by molar-refractivity contribution is 7.80. The Hall–Kier alpha value is -1.14. The van der Waals surface area contributed by atoms with Crippen LogP contribution < -0.4 is 15.5 Å². The van der Waals surface area contributed by atoms with Crippen molar-refractivity contribution in [3.63, 3.8) is 0 Å². The lowest BCUT2D eigenvalue weighted by Gasteiger charge is -2.34. The summed E-state index contributed by atoms with van der Waals surface area (Å²) in [5.74, 6) is 1.83. The predicted octanol–water partition coefficient (Wildman–Crippen LogP) is 3.45. The summed E-state index contributed by atoms with van der Waals surface area (Å²) in [5, 5.41) is 7.11. The number of thiocarbonyl (C=S) groups is 1. The third kappa shape index (κ3) is 4.95. The van der Waals surface area contributed by atoms with Gasteiger partial charge in [0.15, 0.2) is 5.11 Å². The quantitative estimate of drug-likeness (QED) is 0.646. The van der Waals surface area contributed by atoms with E-state index in [-0.39, 0.29) is 0 Å². The van der Waals surface area contributed by atoms with E-state index in [9.17, 15) is 0 Å². The SMILES string of the molecule is CC(C)CNC(=S)Nc1nc(Cl)cc(N2CCCCC2C)n1. The van der Waals surface area contributed by atoms with Crippen LogP contribution in [0.15, 0.2) is 6.07 Å². The van der Waals surface area contributed by atoms with Crippen LogP contribution in [0.3, 0.4) is 0 Å². The highest BCUT2D eigenvalue weighted by atomic mass is 35.5. The number of nitrogens with one attached hydrogen (secondary N) is 2. The Balaban J connectivity index is 2.07. The molecular formula is C15H24ClN5S. The van der Waals surface area contributed by atoms with E-state index in [0.29, 0.717) is 28.2 Å². The lowest BCUT2D eigenvalue weighted by atomic mass is 10.0. The molecule has 1 aliphatic heterocycles. The monoisotopic (exact) mass is 341 g/mol. The van der Waals surface area contributed by atoms with Gasteiger partial charge in [-0.2, -0.15) is 4.98 Å². The molecule has 1 unspecified atom stereocenters. The Morgan fingerprint density at radius 3 is 2.91 bits per heavy atom. The van der Waals surface area contributed by atoms with Crippen LogP contribution in [0.4, 0.5) is 11.8 Å². The van der Waals surface area contributed by atoms with Gasteiger partial charge < -0.3 is 15.5 Å². The molecule has 2 N–H and O–H groups in total. The Morgan fingerprint density at radius 2 is 2.23 bits per heavy atom. The van der Waals surface area contributed by atoms with E-state index >= 15 is 0 Å². The van der Waals surface area contributed by atoms with Crippen LogP contribution >= 0.6 is 23.8 Å². The standard InChI is InChI=1S/C15H24ClN5S/c1-10(2)9-17-15(22)20-14-18-12(16)8-13(19-14)21-7-5-4-6-11(21)3/h8,10-11H,4-7,9H2,1-3H3,(H2,17,18,19,20,22). The second-order valence-electron chi connectivity index (χ2n) is 6.14. The summed E-state index contributed by atoms with van der Waals surface area (Å²) in [6, 6.07) is 2.29. The lowest BCUT2D eigenvalue weighted by Crippen LogP contribution is -2.38. The van der Waals surface area contributed by atoms with Crippen molar-refractivity contribution in [1.29, 1.82) is 0 Å². The summed E-state index contributed by atoms with van der Waals surface area (Å²) < 4.78 is 0. The minimum atomic E-state index is 0.428. The maximum atomic E-state index is 6.15. The van der Waals surface area contributed by atoms with Crippen molar-refractivity contribution >= 4 is 40.7 Å². The normalized spacial score (nSPS) is 18.4. The number of hydrogen-bond donors (Lipinski definition) is 2. The fraction of sp³-hybridized carbons (Fsp3) is 0.667. The number of halogens is 1. The molecule has 0 radical (unpaired) electrons.